The minimum Gasteiger partial charge on any atom is -0.445 e. The van der Waals surface area contributed by atoms with E-state index in [1.54, 1.807) is 39.8 Å². The first-order valence-electron chi connectivity index (χ1n) is 21.4. The molecule has 8 aliphatic heterocycles. The Morgan fingerprint density at radius 3 is 2.06 bits per heavy atom. The van der Waals surface area contributed by atoms with Gasteiger partial charge in [0.05, 0.1) is 42.3 Å². The lowest BCUT2D eigenvalue weighted by atomic mass is 10.0. The predicted octanol–water partition coefficient (Wildman–Crippen LogP) is 2.06. The standard InChI is InChI=1S/C17H21NO6.C16H21N3O7S.C9H15NO4/c1-17(2)23-14-12-13(22-15(14)24-17)11(19)8-18(12)16(20)21-9-10-6-4-3-5-7-10;1-9-4-6-10(7-5-9)27(21,22)23-8-11(20)13-12(18-19-17)14-15(24-13)26-16(2,3)25-14;1-9(2)13-7-5-6(4(11)3-10-5)12-8(7)14-9/h3-7,11-15,19H,8-9H2,1-2H3;4-7,11-15,20H,8H2,1-3H3;4-8,10-11H,3H2,1-2H3/t11-,12+,13-,14-,15-;11?,12-,13?,14+,15+;4-,5+,6-,7-,8-/m101/s1. The highest BCUT2D eigenvalue weighted by atomic mass is 32.2. The van der Waals surface area contributed by atoms with Crippen molar-refractivity contribution in [3.05, 3.63) is 76.2 Å². The second-order valence-corrected chi connectivity index (χ2v) is 19.9. The van der Waals surface area contributed by atoms with Crippen molar-refractivity contribution in [1.82, 2.24) is 10.2 Å². The van der Waals surface area contributed by atoms with Crippen LogP contribution >= 0.6 is 0 Å². The van der Waals surface area contributed by atoms with E-state index in [4.69, 9.17) is 57.1 Å². The molecule has 8 heterocycles. The van der Waals surface area contributed by atoms with E-state index in [-0.39, 0.29) is 42.6 Å². The second-order valence-electron chi connectivity index (χ2n) is 18.3. The number of nitrogens with zero attached hydrogens (tertiary/aromatic N) is 4. The van der Waals surface area contributed by atoms with E-state index in [0.717, 1.165) is 11.1 Å². The number of likely N-dealkylation sites (tertiary alicyclic amines) is 1. The molecule has 15 atom stereocenters. The van der Waals surface area contributed by atoms with Crippen LogP contribution < -0.4 is 5.32 Å². The number of carbonyl (C=O) groups is 1. The number of aliphatic hydroxyl groups excluding tert-OH is 3. The number of rotatable bonds is 8. The molecule has 1 amide bonds. The first kappa shape index (κ1) is 47.9. The topological polar surface area (TPSA) is 277 Å². The molecule has 2 unspecified atom stereocenters. The zero-order valence-corrected chi connectivity index (χ0v) is 37.8. The summed E-state index contributed by atoms with van der Waals surface area (Å²) in [5.74, 6) is -2.26. The molecule has 65 heavy (non-hydrogen) atoms. The number of ether oxygens (including phenoxy) is 10. The largest absolute Gasteiger partial charge is 0.445 e. The van der Waals surface area contributed by atoms with Gasteiger partial charge in [-0.05, 0) is 71.7 Å². The van der Waals surface area contributed by atoms with Gasteiger partial charge in [0.2, 0.25) is 0 Å². The van der Waals surface area contributed by atoms with E-state index in [2.05, 4.69) is 15.3 Å². The number of hydrogen-bond acceptors (Lipinski definition) is 19. The maximum Gasteiger partial charge on any atom is 0.410 e. The van der Waals surface area contributed by atoms with Crippen LogP contribution in [0.4, 0.5) is 4.79 Å². The van der Waals surface area contributed by atoms with Crippen molar-refractivity contribution in [3.63, 3.8) is 0 Å². The van der Waals surface area contributed by atoms with Crippen LogP contribution in [0, 0.1) is 6.92 Å². The molecule has 23 heteroatoms. The number of β-amino-alcohol motifs (C(OH)–C–C–N with tert-alkyl or cyclic N) is 2. The lowest BCUT2D eigenvalue weighted by Gasteiger charge is -2.27. The lowest BCUT2D eigenvalue weighted by Crippen LogP contribution is -2.46. The van der Waals surface area contributed by atoms with Crippen molar-refractivity contribution in [2.45, 2.75) is 169 Å². The molecule has 8 saturated heterocycles. The molecule has 358 valence electrons. The number of fused-ring (bicyclic) bond motifs is 7. The van der Waals surface area contributed by atoms with Gasteiger partial charge >= 0.3 is 6.09 Å². The number of hydrogen-bond donors (Lipinski definition) is 4. The summed E-state index contributed by atoms with van der Waals surface area (Å²) in [5.41, 5.74) is 10.6. The Kier molecular flexibility index (Phi) is 13.6. The zero-order chi connectivity index (χ0) is 46.6. The molecule has 8 aliphatic rings. The third-order valence-electron chi connectivity index (χ3n) is 12.0. The van der Waals surface area contributed by atoms with Gasteiger partial charge < -0.3 is 68.0 Å². The third-order valence-corrected chi connectivity index (χ3v) is 13.3. The van der Waals surface area contributed by atoms with Crippen LogP contribution in [0.5, 0.6) is 0 Å². The number of benzene rings is 2. The molecule has 0 aliphatic carbocycles. The Labute approximate surface area is 375 Å². The summed E-state index contributed by atoms with van der Waals surface area (Å²) < 4.78 is 85.8. The molecule has 0 bridgehead atoms. The summed E-state index contributed by atoms with van der Waals surface area (Å²) >= 11 is 0. The van der Waals surface area contributed by atoms with Crippen molar-refractivity contribution in [2.24, 2.45) is 5.11 Å². The van der Waals surface area contributed by atoms with E-state index in [0.29, 0.717) is 6.54 Å². The number of aliphatic hydroxyl groups is 3. The second kappa shape index (κ2) is 18.5. The summed E-state index contributed by atoms with van der Waals surface area (Å²) in [6, 6.07) is 14.3. The smallest absolute Gasteiger partial charge is 0.410 e. The van der Waals surface area contributed by atoms with Crippen LogP contribution in [0.15, 0.2) is 64.6 Å². The predicted molar refractivity (Wildman–Crippen MR) is 220 cm³/mol. The van der Waals surface area contributed by atoms with E-state index < -0.39 is 108 Å². The first-order valence-corrected chi connectivity index (χ1v) is 22.8. The Bertz CT molecular complexity index is 2160. The molecule has 2 aromatic rings. The van der Waals surface area contributed by atoms with Crippen molar-refractivity contribution >= 4 is 16.2 Å². The maximum absolute atomic E-state index is 12.5. The third kappa shape index (κ3) is 10.3. The SMILES string of the molecule is CC1(C)O[C@H]2O[C@H]3[C@@H]([C@H]2O1)N(C(=O)OCc1ccccc1)C[C@H]3O.CC1(C)O[C@H]2O[C@H]3[C@H](NC[C@H]3O)[C@H]2O1.Cc1ccc(S(=O)(=O)OCC(O)C2O[C@@H]3OC(C)(C)O[C@@H]3[C@H]2N=[N+]=[N-])cc1. The Hall–Kier alpha value is -3.59. The van der Waals surface area contributed by atoms with Gasteiger partial charge in [-0.15, -0.1) is 0 Å². The van der Waals surface area contributed by atoms with Gasteiger partial charge in [0.15, 0.2) is 36.2 Å². The van der Waals surface area contributed by atoms with Gasteiger partial charge in [-0.3, -0.25) is 9.08 Å². The van der Waals surface area contributed by atoms with Gasteiger partial charge in [0.25, 0.3) is 10.1 Å². The summed E-state index contributed by atoms with van der Waals surface area (Å²) in [6.45, 7) is 12.9. The molecular formula is C42H57N5O17S. The highest BCUT2D eigenvalue weighted by Gasteiger charge is 2.63. The quantitative estimate of drug-likeness (QED) is 0.128. The number of azide groups is 1. The molecule has 0 spiro atoms. The Morgan fingerprint density at radius 2 is 1.42 bits per heavy atom. The molecule has 22 nitrogen and oxygen atoms in total. The van der Waals surface area contributed by atoms with Crippen LogP contribution in [0.3, 0.4) is 0 Å². The average Bonchev–Trinajstić information content (AvgIpc) is 4.12. The van der Waals surface area contributed by atoms with Crippen LogP contribution in [-0.2, 0) is 68.3 Å². The lowest BCUT2D eigenvalue weighted by molar-refractivity contribution is -0.217. The fraction of sp³-hybridized carbons (Fsp3) is 0.690. The van der Waals surface area contributed by atoms with E-state index >= 15 is 0 Å². The fourth-order valence-corrected chi connectivity index (χ4v) is 10.1. The maximum atomic E-state index is 12.5. The normalized spacial score (nSPS) is 37.9. The molecule has 0 radical (unpaired) electrons. The minimum atomic E-state index is -4.05. The molecule has 10 rings (SSSR count). The molecular weight excluding hydrogens is 879 g/mol. The van der Waals surface area contributed by atoms with Gasteiger partial charge in [-0.2, -0.15) is 8.42 Å². The molecule has 0 aromatic heterocycles. The highest BCUT2D eigenvalue weighted by molar-refractivity contribution is 7.86. The van der Waals surface area contributed by atoms with E-state index in [1.807, 2.05) is 51.1 Å². The van der Waals surface area contributed by atoms with Crippen molar-refractivity contribution < 1.29 is 80.1 Å². The van der Waals surface area contributed by atoms with Gasteiger partial charge in [0, 0.05) is 11.5 Å². The Morgan fingerprint density at radius 1 is 0.831 bits per heavy atom. The first-order chi connectivity index (χ1) is 30.6. The number of nitrogens with one attached hydrogen (secondary N) is 1. The van der Waals surface area contributed by atoms with E-state index in [9.17, 15) is 28.5 Å². The molecule has 0 saturated carbocycles. The van der Waals surface area contributed by atoms with Gasteiger partial charge in [-0.25, -0.2) is 4.79 Å². The molecule has 2 aromatic carbocycles. The molecule has 4 N–H and O–H groups in total. The van der Waals surface area contributed by atoms with Crippen LogP contribution in [0.2, 0.25) is 0 Å². The number of aryl methyl sites for hydroxylation is 1. The number of amides is 1. The van der Waals surface area contributed by atoms with Crippen LogP contribution in [0.1, 0.15) is 52.7 Å². The van der Waals surface area contributed by atoms with Gasteiger partial charge in [0.1, 0.15) is 55.4 Å². The van der Waals surface area contributed by atoms with Crippen molar-refractivity contribution in [1.29, 1.82) is 0 Å². The summed E-state index contributed by atoms with van der Waals surface area (Å²) in [6.07, 6.45) is -7.75. The average molecular weight is 936 g/mol. The highest BCUT2D eigenvalue weighted by Crippen LogP contribution is 2.44. The van der Waals surface area contributed by atoms with Crippen LogP contribution in [-0.4, -0.2) is 164 Å². The fourth-order valence-electron chi connectivity index (χ4n) is 9.13. The van der Waals surface area contributed by atoms with Crippen LogP contribution in [0.25, 0.3) is 10.4 Å². The van der Waals surface area contributed by atoms with Gasteiger partial charge in [-0.1, -0.05) is 53.1 Å². The monoisotopic (exact) mass is 935 g/mol. The summed E-state index contributed by atoms with van der Waals surface area (Å²) in [4.78, 5) is 16.7. The summed E-state index contributed by atoms with van der Waals surface area (Å²) in [5, 5.41) is 37.0. The Balaban J connectivity index is 0.000000139. The van der Waals surface area contributed by atoms with Crippen molar-refractivity contribution in [2.75, 3.05) is 19.7 Å². The van der Waals surface area contributed by atoms with Crippen molar-refractivity contribution in [3.8, 4) is 0 Å². The minimum absolute atomic E-state index is 0.0236. The molecule has 8 fully saturated rings. The number of carbonyl (C=O) groups excluding carboxylic acids is 1. The zero-order valence-electron chi connectivity index (χ0n) is 36.9. The summed E-state index contributed by atoms with van der Waals surface area (Å²) in [7, 11) is -4.05. The van der Waals surface area contributed by atoms with E-state index in [1.165, 1.54) is 17.0 Å².